The van der Waals surface area contributed by atoms with E-state index in [9.17, 15) is 13.2 Å². The third-order valence-corrected chi connectivity index (χ3v) is 3.11. The summed E-state index contributed by atoms with van der Waals surface area (Å²) in [6.45, 7) is 0. The van der Waals surface area contributed by atoms with Gasteiger partial charge in [0.2, 0.25) is 10.0 Å². The second-order valence-corrected chi connectivity index (χ2v) is 5.07. The van der Waals surface area contributed by atoms with Crippen LogP contribution in [0.3, 0.4) is 0 Å². The van der Waals surface area contributed by atoms with Crippen LogP contribution in [0.1, 0.15) is 5.56 Å². The largest absolute Gasteiger partial charge is 0.298 e. The summed E-state index contributed by atoms with van der Waals surface area (Å²) in [4.78, 5) is 15.0. The van der Waals surface area contributed by atoms with Crippen molar-refractivity contribution in [1.29, 1.82) is 0 Å². The topological polar surface area (TPSA) is 75.3 Å². The first-order valence-corrected chi connectivity index (χ1v) is 6.47. The number of benzene rings is 1. The molecule has 0 saturated carbocycles. The van der Waals surface area contributed by atoms with Crippen LogP contribution in [-0.2, 0) is 21.2 Å². The highest BCUT2D eigenvalue weighted by molar-refractivity contribution is 7.90. The first-order chi connectivity index (χ1) is 7.53. The zero-order valence-electron chi connectivity index (χ0n) is 8.31. The van der Waals surface area contributed by atoms with Crippen LogP contribution in [0.2, 0.25) is 0 Å². The van der Waals surface area contributed by atoms with Crippen LogP contribution >= 0.6 is 11.8 Å². The first-order valence-electron chi connectivity index (χ1n) is 4.44. The molecule has 0 atom stereocenters. The van der Waals surface area contributed by atoms with Gasteiger partial charge in [-0.2, -0.15) is 4.94 Å². The minimum atomic E-state index is -3.69. The number of hydrazine groups is 1. The lowest BCUT2D eigenvalue weighted by Crippen LogP contribution is -2.35. The van der Waals surface area contributed by atoms with Crippen molar-refractivity contribution < 1.29 is 13.2 Å². The van der Waals surface area contributed by atoms with Crippen molar-refractivity contribution in [2.24, 2.45) is 0 Å². The summed E-state index contributed by atoms with van der Waals surface area (Å²) in [5.74, 6) is -0.993. The Morgan fingerprint density at radius 3 is 2.44 bits per heavy atom. The SMILES string of the molecule is O=C(Cc1ccccc1)CS(=O)(=O)NNCl. The predicted octanol–water partition coefficient (Wildman–Crippen LogP) is 0.376. The maximum Gasteiger partial charge on any atom is 0.232 e. The summed E-state index contributed by atoms with van der Waals surface area (Å²) in [6.07, 6.45) is 0.0873. The molecule has 0 unspecified atom stereocenters. The van der Waals surface area contributed by atoms with Crippen molar-refractivity contribution in [2.75, 3.05) is 5.75 Å². The van der Waals surface area contributed by atoms with E-state index < -0.39 is 21.6 Å². The lowest BCUT2D eigenvalue weighted by atomic mass is 10.1. The maximum absolute atomic E-state index is 11.4. The molecule has 0 aromatic heterocycles. The van der Waals surface area contributed by atoms with Gasteiger partial charge in [-0.3, -0.25) is 4.79 Å². The minimum absolute atomic E-state index is 0.0873. The zero-order chi connectivity index (χ0) is 12.0. The molecule has 0 fully saturated rings. The summed E-state index contributed by atoms with van der Waals surface area (Å²) >= 11 is 4.98. The molecule has 88 valence electrons. The lowest BCUT2D eigenvalue weighted by molar-refractivity contribution is -0.116. The van der Waals surface area contributed by atoms with Crippen LogP contribution in [0.4, 0.5) is 0 Å². The summed E-state index contributed by atoms with van der Waals surface area (Å²) in [5, 5.41) is 0. The number of hydrogen-bond donors (Lipinski definition) is 2. The van der Waals surface area contributed by atoms with Crippen molar-refractivity contribution in [3.8, 4) is 0 Å². The minimum Gasteiger partial charge on any atom is -0.298 e. The molecule has 0 bridgehead atoms. The summed E-state index contributed by atoms with van der Waals surface area (Å²) in [5.41, 5.74) is 0.779. The van der Waals surface area contributed by atoms with Crippen LogP contribution in [0.25, 0.3) is 0 Å². The van der Waals surface area contributed by atoms with Crippen LogP contribution in [0, 0.1) is 0 Å². The fourth-order valence-corrected chi connectivity index (χ4v) is 2.25. The number of nitrogens with one attached hydrogen (secondary N) is 2. The van der Waals surface area contributed by atoms with Crippen LogP contribution in [0.15, 0.2) is 30.3 Å². The Hall–Kier alpha value is -0.950. The molecule has 0 aliphatic heterocycles. The third kappa shape index (κ3) is 4.71. The summed E-state index contributed by atoms with van der Waals surface area (Å²) < 4.78 is 22.3. The Kier molecular flexibility index (Phi) is 4.88. The highest BCUT2D eigenvalue weighted by Crippen LogP contribution is 2.01. The second kappa shape index (κ2) is 5.95. The Labute approximate surface area is 98.9 Å². The molecule has 0 heterocycles. The molecule has 5 nitrogen and oxygen atoms in total. The highest BCUT2D eigenvalue weighted by Gasteiger charge is 2.15. The summed E-state index contributed by atoms with van der Waals surface area (Å²) in [7, 11) is -3.69. The predicted molar refractivity (Wildman–Crippen MR) is 61.1 cm³/mol. The van der Waals surface area contributed by atoms with Crippen molar-refractivity contribution in [3.63, 3.8) is 0 Å². The molecule has 1 aromatic carbocycles. The van der Waals surface area contributed by atoms with Crippen LogP contribution in [-0.4, -0.2) is 20.0 Å². The van der Waals surface area contributed by atoms with Gasteiger partial charge in [0.15, 0.2) is 5.78 Å². The number of rotatable bonds is 6. The van der Waals surface area contributed by atoms with Gasteiger partial charge in [0, 0.05) is 6.42 Å². The number of carbonyl (C=O) groups is 1. The van der Waals surface area contributed by atoms with E-state index in [2.05, 4.69) is 0 Å². The maximum atomic E-state index is 11.4. The van der Waals surface area contributed by atoms with Gasteiger partial charge in [-0.1, -0.05) is 30.3 Å². The van der Waals surface area contributed by atoms with Crippen molar-refractivity contribution in [3.05, 3.63) is 35.9 Å². The molecule has 0 aliphatic rings. The standard InChI is InChI=1S/C9H11ClN2O3S/c10-11-12-16(14,15)7-9(13)6-8-4-2-1-3-5-8/h1-5,11-12H,6-7H2. The average molecular weight is 263 g/mol. The molecule has 16 heavy (non-hydrogen) atoms. The van der Waals surface area contributed by atoms with Crippen LogP contribution in [0.5, 0.6) is 0 Å². The van der Waals surface area contributed by atoms with E-state index >= 15 is 0 Å². The normalized spacial score (nSPS) is 11.3. The van der Waals surface area contributed by atoms with E-state index in [1.807, 2.05) is 6.07 Å². The van der Waals surface area contributed by atoms with Gasteiger partial charge in [-0.25, -0.2) is 8.42 Å². The highest BCUT2D eigenvalue weighted by atomic mass is 35.5. The van der Waals surface area contributed by atoms with E-state index in [0.29, 0.717) is 0 Å². The van der Waals surface area contributed by atoms with E-state index in [-0.39, 0.29) is 6.42 Å². The number of halogens is 1. The van der Waals surface area contributed by atoms with E-state index in [1.54, 1.807) is 34.0 Å². The van der Waals surface area contributed by atoms with Gasteiger partial charge in [-0.05, 0) is 17.3 Å². The first kappa shape index (κ1) is 13.1. The Morgan fingerprint density at radius 1 is 1.25 bits per heavy atom. The number of carbonyl (C=O) groups excluding carboxylic acids is 1. The lowest BCUT2D eigenvalue weighted by Gasteiger charge is -2.03. The third-order valence-electron chi connectivity index (χ3n) is 1.79. The van der Waals surface area contributed by atoms with E-state index in [1.165, 1.54) is 0 Å². The molecular weight excluding hydrogens is 252 g/mol. The van der Waals surface area contributed by atoms with Crippen molar-refractivity contribution in [2.45, 2.75) is 6.42 Å². The average Bonchev–Trinajstić information content (AvgIpc) is 2.17. The Morgan fingerprint density at radius 2 is 1.88 bits per heavy atom. The fourth-order valence-electron chi connectivity index (χ4n) is 1.18. The van der Waals surface area contributed by atoms with Gasteiger partial charge in [-0.15, -0.1) is 4.83 Å². The summed E-state index contributed by atoms with van der Waals surface area (Å²) in [6, 6.07) is 8.92. The van der Waals surface area contributed by atoms with Gasteiger partial charge < -0.3 is 0 Å². The monoisotopic (exact) mass is 262 g/mol. The molecular formula is C9H11ClN2O3S. The van der Waals surface area contributed by atoms with Crippen molar-refractivity contribution >= 4 is 27.6 Å². The number of ketones is 1. The van der Waals surface area contributed by atoms with Gasteiger partial charge in [0.1, 0.15) is 5.75 Å². The smallest absolute Gasteiger partial charge is 0.232 e. The molecule has 1 rings (SSSR count). The van der Waals surface area contributed by atoms with E-state index in [4.69, 9.17) is 11.8 Å². The second-order valence-electron chi connectivity index (χ2n) is 3.16. The molecule has 2 N–H and O–H groups in total. The molecule has 0 spiro atoms. The Bertz CT molecular complexity index is 447. The molecule has 0 radical (unpaired) electrons. The van der Waals surface area contributed by atoms with E-state index in [0.717, 1.165) is 5.56 Å². The number of sulfonamides is 1. The molecule has 0 saturated heterocycles. The number of hydrogen-bond acceptors (Lipinski definition) is 4. The van der Waals surface area contributed by atoms with Crippen molar-refractivity contribution in [1.82, 2.24) is 9.78 Å². The molecule has 1 aromatic rings. The fraction of sp³-hybridized carbons (Fsp3) is 0.222. The molecule has 0 aliphatic carbocycles. The van der Waals surface area contributed by atoms with Crippen LogP contribution < -0.4 is 9.78 Å². The number of Topliss-reactive ketones (excluding diaryl/α,β-unsaturated/α-hetero) is 1. The molecule has 7 heteroatoms. The zero-order valence-corrected chi connectivity index (χ0v) is 9.88. The van der Waals surface area contributed by atoms with Gasteiger partial charge >= 0.3 is 0 Å². The Balaban J connectivity index is 2.55. The van der Waals surface area contributed by atoms with Gasteiger partial charge in [0.25, 0.3) is 0 Å². The molecule has 0 amide bonds. The quantitative estimate of drug-likeness (QED) is 0.574. The van der Waals surface area contributed by atoms with Gasteiger partial charge in [0.05, 0.1) is 0 Å².